The molecule has 0 radical (unpaired) electrons. The zero-order valence-electron chi connectivity index (χ0n) is 12.1. The van der Waals surface area contributed by atoms with E-state index >= 15 is 0 Å². The average Bonchev–Trinajstić information content (AvgIpc) is 2.46. The van der Waals surface area contributed by atoms with Crippen LogP contribution in [0.5, 0.6) is 0 Å². The molecule has 102 valence electrons. The van der Waals surface area contributed by atoms with Crippen LogP contribution in [-0.2, 0) is 4.74 Å². The highest BCUT2D eigenvalue weighted by Gasteiger charge is 2.10. The van der Waals surface area contributed by atoms with Crippen molar-refractivity contribution in [2.75, 3.05) is 7.11 Å². The van der Waals surface area contributed by atoms with E-state index in [1.165, 1.54) is 18.2 Å². The molecule has 0 heterocycles. The highest BCUT2D eigenvalue weighted by Crippen LogP contribution is 2.30. The lowest BCUT2D eigenvalue weighted by molar-refractivity contribution is 0.0601. The molecule has 0 fully saturated rings. The summed E-state index contributed by atoms with van der Waals surface area (Å²) in [5, 5.41) is 0. The fraction of sp³-hybridized carbons (Fsp3) is 0.167. The molecule has 2 aromatic rings. The van der Waals surface area contributed by atoms with Gasteiger partial charge in [-0.05, 0) is 48.2 Å². The van der Waals surface area contributed by atoms with Crippen LogP contribution >= 0.6 is 0 Å². The van der Waals surface area contributed by atoms with E-state index in [1.807, 2.05) is 25.1 Å². The van der Waals surface area contributed by atoms with Crippen LogP contribution in [0.25, 0.3) is 16.7 Å². The molecule has 0 amide bonds. The molecule has 2 nitrogen and oxygen atoms in total. The number of methoxy groups -OCH3 is 1. The van der Waals surface area contributed by atoms with E-state index in [-0.39, 0.29) is 5.97 Å². The summed E-state index contributed by atoms with van der Waals surface area (Å²) in [5.74, 6) is -0.319. The van der Waals surface area contributed by atoms with Crippen LogP contribution in [0.3, 0.4) is 0 Å². The van der Waals surface area contributed by atoms with Gasteiger partial charge < -0.3 is 4.74 Å². The Morgan fingerprint density at radius 1 is 1.10 bits per heavy atom. The van der Waals surface area contributed by atoms with Gasteiger partial charge in [0.2, 0.25) is 0 Å². The van der Waals surface area contributed by atoms with Crippen LogP contribution < -0.4 is 0 Å². The number of rotatable bonds is 3. The van der Waals surface area contributed by atoms with Gasteiger partial charge in [0.25, 0.3) is 0 Å². The van der Waals surface area contributed by atoms with Gasteiger partial charge in [-0.25, -0.2) is 4.79 Å². The fourth-order valence-corrected chi connectivity index (χ4v) is 2.38. The number of hydrogen-bond donors (Lipinski definition) is 0. The summed E-state index contributed by atoms with van der Waals surface area (Å²) in [7, 11) is 1.38. The molecule has 0 aliphatic heterocycles. The summed E-state index contributed by atoms with van der Waals surface area (Å²) >= 11 is 0. The molecule has 0 N–H and O–H groups in total. The number of esters is 1. The van der Waals surface area contributed by atoms with Crippen molar-refractivity contribution < 1.29 is 9.53 Å². The Balaban J connectivity index is 2.50. The minimum absolute atomic E-state index is 0.319. The summed E-state index contributed by atoms with van der Waals surface area (Å²) in [6.07, 6.45) is 0. The van der Waals surface area contributed by atoms with Crippen molar-refractivity contribution in [3.63, 3.8) is 0 Å². The number of carbonyl (C=O) groups is 1. The first-order chi connectivity index (χ1) is 9.54. The van der Waals surface area contributed by atoms with Gasteiger partial charge in [0.1, 0.15) is 0 Å². The van der Waals surface area contributed by atoms with Gasteiger partial charge in [-0.2, -0.15) is 0 Å². The molecule has 0 aromatic heterocycles. The maximum Gasteiger partial charge on any atom is 0.337 e. The molecule has 0 bridgehead atoms. The van der Waals surface area contributed by atoms with Gasteiger partial charge in [-0.1, -0.05) is 42.5 Å². The van der Waals surface area contributed by atoms with Crippen molar-refractivity contribution >= 4 is 11.5 Å². The normalized spacial score (nSPS) is 10.2. The van der Waals surface area contributed by atoms with Crippen LogP contribution in [0.1, 0.15) is 28.4 Å². The predicted molar refractivity (Wildman–Crippen MR) is 82.7 cm³/mol. The lowest BCUT2D eigenvalue weighted by Crippen LogP contribution is -2.00. The quantitative estimate of drug-likeness (QED) is 0.765. The van der Waals surface area contributed by atoms with Crippen molar-refractivity contribution in [1.29, 1.82) is 0 Å². The number of allylic oxidation sites excluding steroid dienone is 1. The van der Waals surface area contributed by atoms with E-state index in [4.69, 9.17) is 4.74 Å². The number of benzene rings is 2. The smallest absolute Gasteiger partial charge is 0.337 e. The Kier molecular flexibility index (Phi) is 4.04. The number of hydrogen-bond acceptors (Lipinski definition) is 2. The Morgan fingerprint density at radius 3 is 2.30 bits per heavy atom. The van der Waals surface area contributed by atoms with Crippen molar-refractivity contribution in [3.8, 4) is 11.1 Å². The lowest BCUT2D eigenvalue weighted by atomic mass is 9.92. The standard InChI is InChI=1S/C18H18O2/c1-12(2)17-13(3)6-5-7-16(17)14-8-10-15(11-9-14)18(19)20-4/h5-11H,1H2,2-4H3. The van der Waals surface area contributed by atoms with Crippen LogP contribution in [0, 0.1) is 6.92 Å². The van der Waals surface area contributed by atoms with E-state index in [2.05, 4.69) is 25.6 Å². The Labute approximate surface area is 119 Å². The van der Waals surface area contributed by atoms with Gasteiger partial charge in [-0.3, -0.25) is 0 Å². The molecular weight excluding hydrogens is 248 g/mol. The van der Waals surface area contributed by atoms with Crippen LogP contribution in [0.2, 0.25) is 0 Å². The predicted octanol–water partition coefficient (Wildman–Crippen LogP) is 4.48. The molecule has 2 rings (SSSR count). The Bertz CT molecular complexity index is 652. The second-order valence-electron chi connectivity index (χ2n) is 4.85. The van der Waals surface area contributed by atoms with E-state index in [0.717, 1.165) is 16.7 Å². The maximum atomic E-state index is 11.5. The Morgan fingerprint density at radius 2 is 1.75 bits per heavy atom. The lowest BCUT2D eigenvalue weighted by Gasteiger charge is -2.13. The number of carbonyl (C=O) groups excluding carboxylic acids is 1. The second-order valence-corrected chi connectivity index (χ2v) is 4.85. The monoisotopic (exact) mass is 266 g/mol. The molecule has 20 heavy (non-hydrogen) atoms. The minimum Gasteiger partial charge on any atom is -0.465 e. The molecule has 0 unspecified atom stereocenters. The van der Waals surface area contributed by atoms with Crippen LogP contribution in [0.4, 0.5) is 0 Å². The van der Waals surface area contributed by atoms with Gasteiger partial charge in [0.05, 0.1) is 12.7 Å². The third-order valence-electron chi connectivity index (χ3n) is 3.32. The molecule has 0 saturated heterocycles. The fourth-order valence-electron chi connectivity index (χ4n) is 2.38. The first-order valence-electron chi connectivity index (χ1n) is 6.49. The zero-order chi connectivity index (χ0) is 14.7. The third kappa shape index (κ3) is 2.64. The Hall–Kier alpha value is -2.35. The highest BCUT2D eigenvalue weighted by atomic mass is 16.5. The van der Waals surface area contributed by atoms with Gasteiger partial charge in [-0.15, -0.1) is 0 Å². The number of ether oxygens (including phenoxy) is 1. The van der Waals surface area contributed by atoms with E-state index < -0.39 is 0 Å². The van der Waals surface area contributed by atoms with E-state index in [9.17, 15) is 4.79 Å². The first kappa shape index (κ1) is 14.1. The van der Waals surface area contributed by atoms with Crippen molar-refractivity contribution in [2.24, 2.45) is 0 Å². The topological polar surface area (TPSA) is 26.3 Å². The minimum atomic E-state index is -0.319. The maximum absolute atomic E-state index is 11.5. The average molecular weight is 266 g/mol. The van der Waals surface area contributed by atoms with E-state index in [0.29, 0.717) is 5.56 Å². The molecule has 0 saturated carbocycles. The summed E-state index contributed by atoms with van der Waals surface area (Å²) < 4.78 is 4.71. The van der Waals surface area contributed by atoms with Crippen LogP contribution in [0.15, 0.2) is 49.0 Å². The summed E-state index contributed by atoms with van der Waals surface area (Å²) in [5.41, 5.74) is 6.16. The zero-order valence-corrected chi connectivity index (χ0v) is 12.1. The molecule has 2 heteroatoms. The van der Waals surface area contributed by atoms with Gasteiger partial charge >= 0.3 is 5.97 Å². The molecule has 0 spiro atoms. The van der Waals surface area contributed by atoms with Crippen molar-refractivity contribution in [2.45, 2.75) is 13.8 Å². The summed E-state index contributed by atoms with van der Waals surface area (Å²) in [6, 6.07) is 13.6. The first-order valence-corrected chi connectivity index (χ1v) is 6.49. The van der Waals surface area contributed by atoms with E-state index in [1.54, 1.807) is 12.1 Å². The van der Waals surface area contributed by atoms with Crippen LogP contribution in [-0.4, -0.2) is 13.1 Å². The largest absolute Gasteiger partial charge is 0.465 e. The SMILES string of the molecule is C=C(C)c1c(C)cccc1-c1ccc(C(=O)OC)cc1. The summed E-state index contributed by atoms with van der Waals surface area (Å²) in [4.78, 5) is 11.5. The van der Waals surface area contributed by atoms with Crippen molar-refractivity contribution in [3.05, 3.63) is 65.7 Å². The highest BCUT2D eigenvalue weighted by molar-refractivity contribution is 5.90. The van der Waals surface area contributed by atoms with Gasteiger partial charge in [0.15, 0.2) is 0 Å². The molecule has 2 aromatic carbocycles. The summed E-state index contributed by atoms with van der Waals surface area (Å²) in [6.45, 7) is 8.15. The molecule has 0 aliphatic rings. The second kappa shape index (κ2) is 5.74. The molecule has 0 atom stereocenters. The van der Waals surface area contributed by atoms with Gasteiger partial charge in [0, 0.05) is 0 Å². The third-order valence-corrected chi connectivity index (χ3v) is 3.32. The molecule has 0 aliphatic carbocycles. The molecular formula is C18H18O2. The number of aryl methyl sites for hydroxylation is 1. The van der Waals surface area contributed by atoms with Crippen molar-refractivity contribution in [1.82, 2.24) is 0 Å².